The van der Waals surface area contributed by atoms with Crippen molar-refractivity contribution < 1.29 is 25.3 Å². The molecule has 144 valence electrons. The van der Waals surface area contributed by atoms with E-state index < -0.39 is 48.5 Å². The van der Waals surface area contributed by atoms with Crippen molar-refractivity contribution in [3.8, 4) is 0 Å². The van der Waals surface area contributed by atoms with Gasteiger partial charge in [0.1, 0.15) is 0 Å². The molecular weight excluding hydrogens is 485 g/mol. The maximum atomic E-state index is 12.8. The number of carbonyl (C=O) groups is 2. The van der Waals surface area contributed by atoms with Gasteiger partial charge in [0.25, 0.3) is 0 Å². The van der Waals surface area contributed by atoms with Gasteiger partial charge >= 0.3 is 166 Å². The summed E-state index contributed by atoms with van der Waals surface area (Å²) in [7, 11) is -2.88. The number of benzene rings is 2. The van der Waals surface area contributed by atoms with Crippen molar-refractivity contribution in [2.75, 3.05) is 7.11 Å². The van der Waals surface area contributed by atoms with Gasteiger partial charge in [-0.3, -0.25) is 0 Å². The molecule has 0 unspecified atom stereocenters. The molecule has 0 spiro atoms. The molecule has 0 N–H and O–H groups in total. The first-order valence-electron chi connectivity index (χ1n) is 7.98. The molecule has 1 atom stereocenters. The molecule has 1 amide bonds. The summed E-state index contributed by atoms with van der Waals surface area (Å²) in [6, 6.07) is 12.0. The predicted molar refractivity (Wildman–Crippen MR) is 106 cm³/mol. The van der Waals surface area contributed by atoms with Crippen molar-refractivity contribution in [3.05, 3.63) is 63.2 Å². The number of hydrogen-bond donors (Lipinski definition) is 0. The van der Waals surface area contributed by atoms with Crippen molar-refractivity contribution in [2.24, 2.45) is 0 Å². The molecule has 1 aliphatic rings. The van der Waals surface area contributed by atoms with E-state index in [-0.39, 0.29) is 4.90 Å². The van der Waals surface area contributed by atoms with Crippen molar-refractivity contribution in [3.63, 3.8) is 0 Å². The number of nitrogens with zero attached hydrogens (tertiary/aromatic N) is 1. The van der Waals surface area contributed by atoms with Crippen LogP contribution in [0.3, 0.4) is 0 Å². The van der Waals surface area contributed by atoms with Crippen LogP contribution >= 0.6 is 20.5 Å². The zero-order valence-corrected chi connectivity index (χ0v) is 17.9. The summed E-state index contributed by atoms with van der Waals surface area (Å²) in [5, 5.41) is 0. The van der Waals surface area contributed by atoms with Crippen LogP contribution in [0, 0.1) is 10.5 Å². The van der Waals surface area contributed by atoms with Crippen LogP contribution in [0.2, 0.25) is 0 Å². The number of rotatable bonds is 5. The predicted octanol–water partition coefficient (Wildman–Crippen LogP) is 2.92. The minimum atomic E-state index is -4.10. The topological polar surface area (TPSA) is 90.0 Å². The van der Waals surface area contributed by atoms with Crippen LogP contribution < -0.4 is 0 Å². The number of hydrogen-bond acceptors (Lipinski definition) is 6. The number of aryl methyl sites for hydroxylation is 1. The Labute approximate surface area is 165 Å². The third-order valence-electron chi connectivity index (χ3n) is 3.97. The number of carbonyl (C=O) groups excluding carboxylic acids is 2. The Morgan fingerprint density at radius 1 is 1.11 bits per heavy atom. The van der Waals surface area contributed by atoms with E-state index in [9.17, 15) is 18.0 Å². The summed E-state index contributed by atoms with van der Waals surface area (Å²) in [4.78, 5) is 24.8. The zero-order chi connectivity index (χ0) is 19.8. The molecule has 0 aromatic heterocycles. The number of amides is 1. The van der Waals surface area contributed by atoms with Crippen molar-refractivity contribution in [1.29, 1.82) is 0 Å². The van der Waals surface area contributed by atoms with Crippen LogP contribution in [0.15, 0.2) is 53.4 Å². The van der Waals surface area contributed by atoms with Crippen molar-refractivity contribution in [1.82, 2.24) is 3.11 Å². The first-order chi connectivity index (χ1) is 12.8. The third-order valence-corrected chi connectivity index (χ3v) is 11.7. The van der Waals surface area contributed by atoms with Gasteiger partial charge < -0.3 is 0 Å². The molecule has 2 aromatic carbocycles. The van der Waals surface area contributed by atoms with E-state index in [4.69, 9.17) is 7.25 Å². The van der Waals surface area contributed by atoms with E-state index in [1.165, 1.54) is 29.3 Å². The van der Waals surface area contributed by atoms with E-state index >= 15 is 0 Å². The number of fused-ring (bicyclic) bond motifs is 1. The molecule has 9 heteroatoms. The SMILES string of the molecule is COC(=O)[C@H](C)N1C(=O)c2ccccc2I1OS(=O)(=O)c1ccc(C)cc1. The maximum absolute atomic E-state index is 12.8. The average molecular weight is 503 g/mol. The standard InChI is InChI=1S/C18H18INO6S/c1-12-8-10-14(11-9-12)27(23,24)26-19-16-7-5-4-6-15(16)17(21)20(19)13(2)18(22)25-3/h4-11,13H,1-3H3/t13-/m0/s1. The van der Waals surface area contributed by atoms with E-state index in [1.54, 1.807) is 36.4 Å². The summed E-state index contributed by atoms with van der Waals surface area (Å²) in [6.07, 6.45) is 0. The Balaban J connectivity index is 2.02. The summed E-state index contributed by atoms with van der Waals surface area (Å²) < 4.78 is 37.7. The normalized spacial score (nSPS) is 16.2. The number of methoxy groups -OCH3 is 1. The van der Waals surface area contributed by atoms with Gasteiger partial charge in [0.2, 0.25) is 0 Å². The van der Waals surface area contributed by atoms with Crippen LogP contribution in [0.25, 0.3) is 0 Å². The number of ether oxygens (including phenoxy) is 1. The Hall–Kier alpha value is -1.98. The molecule has 2 aromatic rings. The first-order valence-corrected chi connectivity index (χ1v) is 12.3. The van der Waals surface area contributed by atoms with Crippen LogP contribution in [-0.4, -0.2) is 36.6 Å². The average Bonchev–Trinajstić information content (AvgIpc) is 2.92. The molecule has 0 saturated carbocycles. The summed E-state index contributed by atoms with van der Waals surface area (Å²) in [6.45, 7) is 3.35. The van der Waals surface area contributed by atoms with Gasteiger partial charge in [-0.15, -0.1) is 0 Å². The summed E-state index contributed by atoms with van der Waals surface area (Å²) >= 11 is -3.21. The van der Waals surface area contributed by atoms with Crippen LogP contribution in [-0.2, 0) is 22.2 Å². The third kappa shape index (κ3) is 3.71. The molecular formula is C18H18INO6S. The molecule has 27 heavy (non-hydrogen) atoms. The minimum absolute atomic E-state index is 0.00732. The molecule has 1 heterocycles. The van der Waals surface area contributed by atoms with Gasteiger partial charge in [-0.25, -0.2) is 0 Å². The molecule has 3 rings (SSSR count). The van der Waals surface area contributed by atoms with Gasteiger partial charge in [-0.05, 0) is 0 Å². The van der Waals surface area contributed by atoms with Gasteiger partial charge in [-0.1, -0.05) is 0 Å². The van der Waals surface area contributed by atoms with Crippen LogP contribution in [0.1, 0.15) is 22.8 Å². The molecule has 0 fully saturated rings. The summed E-state index contributed by atoms with van der Waals surface area (Å²) in [5.74, 6) is -1.05. The molecule has 1 aliphatic heterocycles. The van der Waals surface area contributed by atoms with Crippen molar-refractivity contribution >= 4 is 42.5 Å². The fourth-order valence-corrected chi connectivity index (χ4v) is 10.0. The second-order valence-corrected chi connectivity index (χ2v) is 12.0. The molecule has 7 nitrogen and oxygen atoms in total. The fraction of sp³-hybridized carbons (Fsp3) is 0.222. The molecule has 0 saturated heterocycles. The fourth-order valence-electron chi connectivity index (χ4n) is 2.51. The van der Waals surface area contributed by atoms with Gasteiger partial charge in [0, 0.05) is 0 Å². The Kier molecular flexibility index (Phi) is 5.54. The molecule has 0 radical (unpaired) electrons. The summed E-state index contributed by atoms with van der Waals surface area (Å²) in [5.41, 5.74) is 1.27. The molecule has 0 bridgehead atoms. The monoisotopic (exact) mass is 503 g/mol. The van der Waals surface area contributed by atoms with Gasteiger partial charge in [0.05, 0.1) is 0 Å². The van der Waals surface area contributed by atoms with E-state index in [1.807, 2.05) is 6.92 Å². The van der Waals surface area contributed by atoms with E-state index in [0.717, 1.165) is 5.56 Å². The van der Waals surface area contributed by atoms with Gasteiger partial charge in [0.15, 0.2) is 0 Å². The second-order valence-electron chi connectivity index (χ2n) is 5.86. The van der Waals surface area contributed by atoms with Crippen molar-refractivity contribution in [2.45, 2.75) is 24.8 Å². The van der Waals surface area contributed by atoms with Crippen LogP contribution in [0.5, 0.6) is 0 Å². The zero-order valence-electron chi connectivity index (χ0n) is 14.9. The van der Waals surface area contributed by atoms with E-state index in [2.05, 4.69) is 0 Å². The van der Waals surface area contributed by atoms with E-state index in [0.29, 0.717) is 9.13 Å². The Morgan fingerprint density at radius 2 is 1.74 bits per heavy atom. The number of esters is 1. The van der Waals surface area contributed by atoms with Gasteiger partial charge in [-0.2, -0.15) is 0 Å². The quantitative estimate of drug-likeness (QED) is 0.354. The Morgan fingerprint density at radius 3 is 2.37 bits per heavy atom. The molecule has 0 aliphatic carbocycles. The Bertz CT molecular complexity index is 989. The number of halogens is 1. The first kappa shape index (κ1) is 19.8. The van der Waals surface area contributed by atoms with Crippen LogP contribution in [0.4, 0.5) is 0 Å². The second kappa shape index (κ2) is 7.56.